The van der Waals surface area contributed by atoms with Crippen molar-refractivity contribution >= 4 is 5.69 Å². The fraction of sp³-hybridized carbons (Fsp3) is 0.429. The van der Waals surface area contributed by atoms with Crippen LogP contribution in [0.3, 0.4) is 0 Å². The van der Waals surface area contributed by atoms with Crippen molar-refractivity contribution in [1.82, 2.24) is 0 Å². The van der Waals surface area contributed by atoms with Crippen molar-refractivity contribution in [3.8, 4) is 5.75 Å². The van der Waals surface area contributed by atoms with Gasteiger partial charge < -0.3 is 10.1 Å². The average molecular weight is 311 g/mol. The Morgan fingerprint density at radius 3 is 2.30 bits per heavy atom. The minimum absolute atomic E-state index is 0.195. The summed E-state index contributed by atoms with van der Waals surface area (Å²) >= 11 is 0. The molecule has 0 aliphatic carbocycles. The van der Waals surface area contributed by atoms with E-state index in [4.69, 9.17) is 4.74 Å². The Balaban J connectivity index is 1.94. The molecule has 124 valence electrons. The molecule has 0 spiro atoms. The molecule has 0 aromatic heterocycles. The Hall–Kier alpha value is -1.96. The summed E-state index contributed by atoms with van der Waals surface area (Å²) in [5, 5.41) is 3.48. The Bertz CT molecular complexity index is 608. The lowest BCUT2D eigenvalue weighted by atomic mass is 9.87. The number of hydrogen-bond acceptors (Lipinski definition) is 2. The smallest absolute Gasteiger partial charge is 0.119 e. The number of hydrogen-bond donors (Lipinski definition) is 1. The third kappa shape index (κ3) is 5.63. The fourth-order valence-corrected chi connectivity index (χ4v) is 2.30. The van der Waals surface area contributed by atoms with Gasteiger partial charge in [0, 0.05) is 12.2 Å². The summed E-state index contributed by atoms with van der Waals surface area (Å²) in [7, 11) is 0. The van der Waals surface area contributed by atoms with Gasteiger partial charge in [0.25, 0.3) is 0 Å². The third-order valence-corrected chi connectivity index (χ3v) is 3.73. The van der Waals surface area contributed by atoms with Gasteiger partial charge in [-0.2, -0.15) is 0 Å². The van der Waals surface area contributed by atoms with E-state index in [1.165, 1.54) is 11.1 Å². The molecule has 0 aliphatic rings. The highest BCUT2D eigenvalue weighted by Gasteiger charge is 2.12. The molecule has 0 unspecified atom stereocenters. The second kappa shape index (κ2) is 7.54. The fourth-order valence-electron chi connectivity index (χ4n) is 2.30. The summed E-state index contributed by atoms with van der Waals surface area (Å²) in [5.74, 6) is 1.49. The SMILES string of the molecule is CC(C)COc1cccc(CNc2ccc(C(C)(C)C)cc2)c1. The number of nitrogens with one attached hydrogen (secondary N) is 1. The molecule has 0 atom stereocenters. The van der Waals surface area contributed by atoms with Crippen molar-refractivity contribution < 1.29 is 4.74 Å². The quantitative estimate of drug-likeness (QED) is 0.746. The number of ether oxygens (including phenoxy) is 1. The summed E-state index contributed by atoms with van der Waals surface area (Å²) in [5.41, 5.74) is 3.92. The molecule has 0 fully saturated rings. The second-order valence-corrected chi connectivity index (χ2v) is 7.53. The topological polar surface area (TPSA) is 21.3 Å². The molecule has 23 heavy (non-hydrogen) atoms. The van der Waals surface area contributed by atoms with Crippen LogP contribution in [-0.2, 0) is 12.0 Å². The first-order valence-corrected chi connectivity index (χ1v) is 8.41. The van der Waals surface area contributed by atoms with Crippen molar-refractivity contribution in [3.63, 3.8) is 0 Å². The van der Waals surface area contributed by atoms with E-state index in [-0.39, 0.29) is 5.41 Å². The highest BCUT2D eigenvalue weighted by molar-refractivity contribution is 5.46. The van der Waals surface area contributed by atoms with Crippen molar-refractivity contribution in [2.24, 2.45) is 5.92 Å². The van der Waals surface area contributed by atoms with E-state index in [2.05, 4.69) is 82.4 Å². The summed E-state index contributed by atoms with van der Waals surface area (Å²) in [6, 6.07) is 17.0. The molecule has 0 heterocycles. The second-order valence-electron chi connectivity index (χ2n) is 7.53. The predicted octanol–water partition coefficient (Wildman–Crippen LogP) is 5.63. The molecule has 0 saturated carbocycles. The summed E-state index contributed by atoms with van der Waals surface area (Å²) in [6.07, 6.45) is 0. The molecule has 1 N–H and O–H groups in total. The average Bonchev–Trinajstić information content (AvgIpc) is 2.51. The summed E-state index contributed by atoms with van der Waals surface area (Å²) in [6.45, 7) is 12.6. The van der Waals surface area contributed by atoms with Crippen LogP contribution >= 0.6 is 0 Å². The number of benzene rings is 2. The molecule has 2 aromatic rings. The van der Waals surface area contributed by atoms with E-state index >= 15 is 0 Å². The van der Waals surface area contributed by atoms with E-state index in [0.29, 0.717) is 5.92 Å². The highest BCUT2D eigenvalue weighted by atomic mass is 16.5. The molecule has 0 bridgehead atoms. The van der Waals surface area contributed by atoms with Gasteiger partial charge in [-0.1, -0.05) is 58.9 Å². The Morgan fingerprint density at radius 2 is 1.70 bits per heavy atom. The Kier molecular flexibility index (Phi) is 5.70. The molecule has 2 nitrogen and oxygen atoms in total. The Morgan fingerprint density at radius 1 is 1.00 bits per heavy atom. The van der Waals surface area contributed by atoms with Gasteiger partial charge in [0.15, 0.2) is 0 Å². The highest BCUT2D eigenvalue weighted by Crippen LogP contribution is 2.24. The minimum atomic E-state index is 0.195. The maximum atomic E-state index is 5.79. The van der Waals surface area contributed by atoms with Crippen LogP contribution in [0, 0.1) is 5.92 Å². The summed E-state index contributed by atoms with van der Waals surface area (Å²) in [4.78, 5) is 0. The van der Waals surface area contributed by atoms with Crippen molar-refractivity contribution in [1.29, 1.82) is 0 Å². The van der Waals surface area contributed by atoms with Crippen molar-refractivity contribution in [3.05, 3.63) is 59.7 Å². The van der Waals surface area contributed by atoms with Crippen LogP contribution in [0.25, 0.3) is 0 Å². The number of anilines is 1. The molecule has 0 radical (unpaired) electrons. The zero-order valence-corrected chi connectivity index (χ0v) is 15.0. The van der Waals surface area contributed by atoms with Gasteiger partial charge in [0.1, 0.15) is 5.75 Å². The van der Waals surface area contributed by atoms with Gasteiger partial charge in [-0.25, -0.2) is 0 Å². The lowest BCUT2D eigenvalue weighted by Crippen LogP contribution is -2.10. The molecule has 0 saturated heterocycles. The number of rotatable bonds is 6. The molecule has 0 amide bonds. The molecule has 2 aromatic carbocycles. The van der Waals surface area contributed by atoms with Gasteiger partial charge in [-0.15, -0.1) is 0 Å². The van der Waals surface area contributed by atoms with Crippen LogP contribution in [0.5, 0.6) is 5.75 Å². The predicted molar refractivity (Wildman–Crippen MR) is 99.2 cm³/mol. The minimum Gasteiger partial charge on any atom is -0.493 e. The van der Waals surface area contributed by atoms with E-state index in [9.17, 15) is 0 Å². The van der Waals surface area contributed by atoms with Gasteiger partial charge >= 0.3 is 0 Å². The lowest BCUT2D eigenvalue weighted by molar-refractivity contribution is 0.271. The largest absolute Gasteiger partial charge is 0.493 e. The summed E-state index contributed by atoms with van der Waals surface area (Å²) < 4.78 is 5.79. The van der Waals surface area contributed by atoms with E-state index in [1.807, 2.05) is 6.07 Å². The van der Waals surface area contributed by atoms with Crippen LogP contribution in [0.2, 0.25) is 0 Å². The zero-order valence-electron chi connectivity index (χ0n) is 15.0. The zero-order chi connectivity index (χ0) is 16.9. The molecular weight excluding hydrogens is 282 g/mol. The van der Waals surface area contributed by atoms with Crippen LogP contribution in [0.1, 0.15) is 45.7 Å². The van der Waals surface area contributed by atoms with Gasteiger partial charge in [-0.05, 0) is 46.7 Å². The normalized spacial score (nSPS) is 11.6. The van der Waals surface area contributed by atoms with Gasteiger partial charge in [-0.3, -0.25) is 0 Å². The first kappa shape index (κ1) is 17.4. The first-order chi connectivity index (χ1) is 10.8. The van der Waals surface area contributed by atoms with E-state index < -0.39 is 0 Å². The maximum absolute atomic E-state index is 5.79. The van der Waals surface area contributed by atoms with Crippen LogP contribution in [0.4, 0.5) is 5.69 Å². The van der Waals surface area contributed by atoms with Crippen molar-refractivity contribution in [2.75, 3.05) is 11.9 Å². The van der Waals surface area contributed by atoms with Gasteiger partial charge in [0.05, 0.1) is 6.61 Å². The monoisotopic (exact) mass is 311 g/mol. The molecule has 2 heteroatoms. The lowest BCUT2D eigenvalue weighted by Gasteiger charge is -2.19. The maximum Gasteiger partial charge on any atom is 0.119 e. The first-order valence-electron chi connectivity index (χ1n) is 8.41. The van der Waals surface area contributed by atoms with Crippen molar-refractivity contribution in [2.45, 2.75) is 46.6 Å². The standard InChI is InChI=1S/C21H29NO/c1-16(2)15-23-20-8-6-7-17(13-20)14-22-19-11-9-18(10-12-19)21(3,4)5/h6-13,16,22H,14-15H2,1-5H3. The van der Waals surface area contributed by atoms with Crippen LogP contribution < -0.4 is 10.1 Å². The molecular formula is C21H29NO. The molecule has 2 rings (SSSR count). The molecule has 0 aliphatic heterocycles. The van der Waals surface area contributed by atoms with Gasteiger partial charge in [0.2, 0.25) is 0 Å². The van der Waals surface area contributed by atoms with Crippen LogP contribution in [0.15, 0.2) is 48.5 Å². The van der Waals surface area contributed by atoms with E-state index in [0.717, 1.165) is 24.6 Å². The third-order valence-electron chi connectivity index (χ3n) is 3.73. The van der Waals surface area contributed by atoms with Crippen LogP contribution in [-0.4, -0.2) is 6.61 Å². The van der Waals surface area contributed by atoms with E-state index in [1.54, 1.807) is 0 Å². The Labute approximate surface area is 140 Å².